The van der Waals surface area contributed by atoms with Crippen LogP contribution >= 0.6 is 0 Å². The van der Waals surface area contributed by atoms with Crippen LogP contribution in [-0.4, -0.2) is 14.5 Å². The largest absolute Gasteiger partial charge is 0.270 e. The summed E-state index contributed by atoms with van der Waals surface area (Å²) < 4.78 is 1.49. The predicted molar refractivity (Wildman–Crippen MR) is 99.4 cm³/mol. The van der Waals surface area contributed by atoms with Crippen molar-refractivity contribution in [2.24, 2.45) is 0 Å². The first-order valence-corrected chi connectivity index (χ1v) is 7.97. The Kier molecular flexibility index (Phi) is 3.78. The molecule has 0 spiro atoms. The Balaban J connectivity index is 2.11. The summed E-state index contributed by atoms with van der Waals surface area (Å²) in [4.78, 5) is 28.4. The van der Waals surface area contributed by atoms with Gasteiger partial charge in [-0.25, -0.2) is 4.98 Å². The summed E-state index contributed by atoms with van der Waals surface area (Å²) >= 11 is 0. The van der Waals surface area contributed by atoms with E-state index in [-0.39, 0.29) is 16.6 Å². The summed E-state index contributed by atoms with van der Waals surface area (Å²) in [6.45, 7) is 0. The first-order valence-electron chi connectivity index (χ1n) is 7.97. The molecule has 0 amide bonds. The third-order valence-corrected chi connectivity index (χ3v) is 4.11. The highest BCUT2D eigenvalue weighted by Gasteiger charge is 2.16. The number of nitrogens with zero attached hydrogens (tertiary/aromatic N) is 3. The average Bonchev–Trinajstić information content (AvgIpc) is 2.69. The van der Waals surface area contributed by atoms with Crippen LogP contribution in [-0.2, 0) is 0 Å². The first kappa shape index (κ1) is 15.7. The molecule has 4 rings (SSSR count). The van der Waals surface area contributed by atoms with Crippen molar-refractivity contribution >= 4 is 16.6 Å². The third-order valence-electron chi connectivity index (χ3n) is 4.11. The lowest BCUT2D eigenvalue weighted by Gasteiger charge is -2.13. The maximum absolute atomic E-state index is 13.2. The van der Waals surface area contributed by atoms with Gasteiger partial charge >= 0.3 is 0 Å². The zero-order valence-electron chi connectivity index (χ0n) is 13.6. The number of rotatable bonds is 3. The predicted octanol–water partition coefficient (Wildman–Crippen LogP) is 3.96. The van der Waals surface area contributed by atoms with Gasteiger partial charge in [0.1, 0.15) is 5.82 Å². The molecule has 0 bridgehead atoms. The van der Waals surface area contributed by atoms with E-state index < -0.39 is 4.92 Å². The number of aromatic nitrogens is 2. The van der Waals surface area contributed by atoms with Crippen LogP contribution in [0.25, 0.3) is 28.0 Å². The maximum Gasteiger partial charge on any atom is 0.270 e. The monoisotopic (exact) mass is 343 g/mol. The molecule has 6 heteroatoms. The van der Waals surface area contributed by atoms with Gasteiger partial charge in [0, 0.05) is 17.7 Å². The average molecular weight is 343 g/mol. The van der Waals surface area contributed by atoms with Crippen molar-refractivity contribution in [2.45, 2.75) is 0 Å². The van der Waals surface area contributed by atoms with Crippen molar-refractivity contribution in [3.05, 3.63) is 99.3 Å². The van der Waals surface area contributed by atoms with Gasteiger partial charge < -0.3 is 0 Å². The number of nitro groups is 1. The molecule has 0 radical (unpaired) electrons. The molecule has 126 valence electrons. The van der Waals surface area contributed by atoms with Crippen LogP contribution in [0, 0.1) is 10.1 Å². The molecule has 0 fully saturated rings. The highest BCUT2D eigenvalue weighted by atomic mass is 16.6. The van der Waals surface area contributed by atoms with Gasteiger partial charge in [-0.15, -0.1) is 0 Å². The number of hydrogen-bond donors (Lipinski definition) is 0. The fraction of sp³-hybridized carbons (Fsp3) is 0. The Morgan fingerprint density at radius 3 is 2.19 bits per heavy atom. The van der Waals surface area contributed by atoms with Crippen molar-refractivity contribution in [3.63, 3.8) is 0 Å². The number of benzene rings is 3. The van der Waals surface area contributed by atoms with E-state index in [1.165, 1.54) is 22.8 Å². The summed E-state index contributed by atoms with van der Waals surface area (Å²) in [5.41, 5.74) is 1.38. The van der Waals surface area contributed by atoms with Gasteiger partial charge in [0.25, 0.3) is 11.2 Å². The van der Waals surface area contributed by atoms with Gasteiger partial charge in [-0.3, -0.25) is 19.5 Å². The zero-order chi connectivity index (χ0) is 18.1. The number of fused-ring (bicyclic) bond motifs is 1. The minimum Gasteiger partial charge on any atom is -0.268 e. The molecule has 1 aromatic heterocycles. The molecule has 3 aromatic carbocycles. The molecule has 0 N–H and O–H groups in total. The molecule has 1 heterocycles. The molecule has 0 unspecified atom stereocenters. The summed E-state index contributed by atoms with van der Waals surface area (Å²) in [5.74, 6) is 0.489. The van der Waals surface area contributed by atoms with Gasteiger partial charge in [0.05, 0.1) is 21.5 Å². The van der Waals surface area contributed by atoms with Crippen LogP contribution in [0.2, 0.25) is 0 Å². The van der Waals surface area contributed by atoms with Crippen LogP contribution in [0.1, 0.15) is 0 Å². The van der Waals surface area contributed by atoms with E-state index in [2.05, 4.69) is 4.98 Å². The lowest BCUT2D eigenvalue weighted by molar-refractivity contribution is -0.384. The summed E-state index contributed by atoms with van der Waals surface area (Å²) in [5, 5.41) is 11.3. The van der Waals surface area contributed by atoms with Crippen LogP contribution < -0.4 is 5.56 Å². The van der Waals surface area contributed by atoms with Crippen molar-refractivity contribution in [2.75, 3.05) is 0 Å². The molecule has 0 aliphatic rings. The van der Waals surface area contributed by atoms with E-state index in [0.717, 1.165) is 5.56 Å². The molecular weight excluding hydrogens is 330 g/mol. The van der Waals surface area contributed by atoms with Gasteiger partial charge in [-0.1, -0.05) is 48.5 Å². The molecule has 0 aliphatic heterocycles. The van der Waals surface area contributed by atoms with Crippen LogP contribution in [0.3, 0.4) is 0 Å². The Morgan fingerprint density at radius 2 is 1.54 bits per heavy atom. The van der Waals surface area contributed by atoms with Gasteiger partial charge in [0.15, 0.2) is 0 Å². The van der Waals surface area contributed by atoms with Gasteiger partial charge in [0.2, 0.25) is 0 Å². The Hall–Kier alpha value is -3.80. The van der Waals surface area contributed by atoms with E-state index in [0.29, 0.717) is 17.0 Å². The minimum atomic E-state index is -0.517. The van der Waals surface area contributed by atoms with Crippen LogP contribution in [0.5, 0.6) is 0 Å². The standard InChI is InChI=1S/C20H13N3O3/c24-20-17-13-16(23(25)26)11-12-18(17)21-19(14-7-3-1-4-8-14)22(20)15-9-5-2-6-10-15/h1-13H. The second-order valence-electron chi connectivity index (χ2n) is 5.74. The molecule has 0 aliphatic carbocycles. The first-order chi connectivity index (χ1) is 12.6. The Labute approximate surface area is 148 Å². The fourth-order valence-corrected chi connectivity index (χ4v) is 2.88. The molecule has 26 heavy (non-hydrogen) atoms. The summed E-state index contributed by atoms with van der Waals surface area (Å²) in [7, 11) is 0. The topological polar surface area (TPSA) is 78.0 Å². The quantitative estimate of drug-likeness (QED) is 0.417. The van der Waals surface area contributed by atoms with Crippen LogP contribution in [0.4, 0.5) is 5.69 Å². The highest BCUT2D eigenvalue weighted by molar-refractivity contribution is 5.82. The van der Waals surface area contributed by atoms with E-state index in [4.69, 9.17) is 0 Å². The smallest absolute Gasteiger partial charge is 0.268 e. The van der Waals surface area contributed by atoms with Crippen LogP contribution in [0.15, 0.2) is 83.7 Å². The number of non-ortho nitro benzene ring substituents is 1. The molecular formula is C20H13N3O3. The Morgan fingerprint density at radius 1 is 0.885 bits per heavy atom. The van der Waals surface area contributed by atoms with Crippen molar-refractivity contribution in [3.8, 4) is 17.1 Å². The molecule has 0 saturated carbocycles. The zero-order valence-corrected chi connectivity index (χ0v) is 13.6. The van der Waals surface area contributed by atoms with E-state index in [1.54, 1.807) is 12.1 Å². The summed E-state index contributed by atoms with van der Waals surface area (Å²) in [6.07, 6.45) is 0. The Bertz CT molecular complexity index is 1170. The molecule has 4 aromatic rings. The number of para-hydroxylation sites is 1. The number of nitro benzene ring substituents is 1. The SMILES string of the molecule is O=c1c2cc([N+](=O)[O-])ccc2nc(-c2ccccc2)n1-c1ccccc1. The third kappa shape index (κ3) is 2.63. The van der Waals surface area contributed by atoms with Crippen molar-refractivity contribution < 1.29 is 4.92 Å². The lowest BCUT2D eigenvalue weighted by Crippen LogP contribution is -2.22. The van der Waals surface area contributed by atoms with E-state index in [9.17, 15) is 14.9 Å². The van der Waals surface area contributed by atoms with E-state index >= 15 is 0 Å². The van der Waals surface area contributed by atoms with Gasteiger partial charge in [-0.2, -0.15) is 0 Å². The van der Waals surface area contributed by atoms with Gasteiger partial charge in [-0.05, 0) is 18.2 Å². The maximum atomic E-state index is 13.2. The van der Waals surface area contributed by atoms with Crippen molar-refractivity contribution in [1.82, 2.24) is 9.55 Å². The molecule has 6 nitrogen and oxygen atoms in total. The fourth-order valence-electron chi connectivity index (χ4n) is 2.88. The second kappa shape index (κ2) is 6.25. The highest BCUT2D eigenvalue weighted by Crippen LogP contribution is 2.24. The molecule has 0 saturated heterocycles. The second-order valence-corrected chi connectivity index (χ2v) is 5.74. The summed E-state index contributed by atoms with van der Waals surface area (Å²) in [6, 6.07) is 22.6. The normalized spacial score (nSPS) is 10.8. The van der Waals surface area contributed by atoms with E-state index in [1.807, 2.05) is 48.5 Å². The van der Waals surface area contributed by atoms with Crippen molar-refractivity contribution in [1.29, 1.82) is 0 Å². The number of hydrogen-bond acceptors (Lipinski definition) is 4. The molecule has 0 atom stereocenters. The lowest BCUT2D eigenvalue weighted by atomic mass is 10.1. The minimum absolute atomic E-state index is 0.136.